The van der Waals surface area contributed by atoms with Crippen molar-refractivity contribution in [3.8, 4) is 5.82 Å². The van der Waals surface area contributed by atoms with E-state index in [0.29, 0.717) is 28.8 Å². The molecule has 4 aromatic rings. The molecule has 5 rings (SSSR count). The Hall–Kier alpha value is -3.56. The Morgan fingerprint density at radius 1 is 1.11 bits per heavy atom. The molecule has 9 nitrogen and oxygen atoms in total. The van der Waals surface area contributed by atoms with Gasteiger partial charge in [-0.15, -0.1) is 0 Å². The molecule has 0 atom stereocenters. The van der Waals surface area contributed by atoms with Crippen molar-refractivity contribution in [3.63, 3.8) is 0 Å². The van der Waals surface area contributed by atoms with E-state index >= 15 is 0 Å². The zero-order chi connectivity index (χ0) is 26.1. The standard InChI is InChI=1S/C28H36N8O/c1-6-34(18(2)3)17-23-8-7-9-25(31-23)36-26-24(27(37)35(36)19(4)5)16-30-28(33-26)32-22-11-10-21-15-29-13-12-20(21)14-22/h7-11,14,16,18-19,29H,6,12-13,15,17H2,1-5H3,(H,30,32,33). The highest BCUT2D eigenvalue weighted by molar-refractivity contribution is 5.77. The molecule has 0 unspecified atom stereocenters. The summed E-state index contributed by atoms with van der Waals surface area (Å²) in [6.45, 7) is 14.1. The predicted molar refractivity (Wildman–Crippen MR) is 148 cm³/mol. The normalized spacial score (nSPS) is 13.6. The number of nitrogens with one attached hydrogen (secondary N) is 2. The highest BCUT2D eigenvalue weighted by Crippen LogP contribution is 2.23. The average molecular weight is 501 g/mol. The van der Waals surface area contributed by atoms with Crippen LogP contribution in [0.4, 0.5) is 11.6 Å². The van der Waals surface area contributed by atoms with Gasteiger partial charge in [-0.1, -0.05) is 19.1 Å². The van der Waals surface area contributed by atoms with Crippen molar-refractivity contribution in [1.82, 2.24) is 34.5 Å². The van der Waals surface area contributed by atoms with Crippen molar-refractivity contribution in [1.29, 1.82) is 0 Å². The zero-order valence-corrected chi connectivity index (χ0v) is 22.3. The molecule has 1 aliphatic rings. The highest BCUT2D eigenvalue weighted by atomic mass is 16.1. The molecule has 0 saturated heterocycles. The van der Waals surface area contributed by atoms with Crippen molar-refractivity contribution in [2.24, 2.45) is 0 Å². The summed E-state index contributed by atoms with van der Waals surface area (Å²) in [6.07, 6.45) is 2.61. The van der Waals surface area contributed by atoms with Crippen molar-refractivity contribution in [2.75, 3.05) is 18.4 Å². The minimum Gasteiger partial charge on any atom is -0.324 e. The van der Waals surface area contributed by atoms with E-state index in [4.69, 9.17) is 9.97 Å². The predicted octanol–water partition coefficient (Wildman–Crippen LogP) is 4.18. The van der Waals surface area contributed by atoms with Gasteiger partial charge in [0.05, 0.1) is 5.69 Å². The Morgan fingerprint density at radius 2 is 1.95 bits per heavy atom. The molecule has 0 spiro atoms. The van der Waals surface area contributed by atoms with Gasteiger partial charge in [0.1, 0.15) is 5.39 Å². The van der Waals surface area contributed by atoms with Crippen LogP contribution in [0, 0.1) is 0 Å². The summed E-state index contributed by atoms with van der Waals surface area (Å²) in [4.78, 5) is 30.0. The molecule has 1 aliphatic heterocycles. The molecule has 9 heteroatoms. The van der Waals surface area contributed by atoms with E-state index in [1.165, 1.54) is 11.1 Å². The van der Waals surface area contributed by atoms with Crippen molar-refractivity contribution < 1.29 is 0 Å². The molecule has 0 bridgehead atoms. The Labute approximate surface area is 217 Å². The lowest BCUT2D eigenvalue weighted by atomic mass is 10.0. The van der Waals surface area contributed by atoms with Crippen LogP contribution in [0.5, 0.6) is 0 Å². The van der Waals surface area contributed by atoms with Crippen molar-refractivity contribution >= 4 is 22.7 Å². The molecule has 194 valence electrons. The van der Waals surface area contributed by atoms with Gasteiger partial charge in [-0.2, -0.15) is 4.98 Å². The first-order valence-corrected chi connectivity index (χ1v) is 13.2. The smallest absolute Gasteiger partial charge is 0.278 e. The maximum atomic E-state index is 13.4. The quantitative estimate of drug-likeness (QED) is 0.375. The van der Waals surface area contributed by atoms with Crippen LogP contribution in [0.1, 0.15) is 57.5 Å². The van der Waals surface area contributed by atoms with Gasteiger partial charge < -0.3 is 10.6 Å². The molecular weight excluding hydrogens is 464 g/mol. The van der Waals surface area contributed by atoms with Crippen LogP contribution < -0.4 is 16.2 Å². The third-order valence-electron chi connectivity index (χ3n) is 6.97. The van der Waals surface area contributed by atoms with Crippen LogP contribution in [0.3, 0.4) is 0 Å². The van der Waals surface area contributed by atoms with E-state index < -0.39 is 0 Å². The summed E-state index contributed by atoms with van der Waals surface area (Å²) >= 11 is 0. The Balaban J connectivity index is 1.57. The first kappa shape index (κ1) is 25.1. The van der Waals surface area contributed by atoms with E-state index in [0.717, 1.165) is 44.0 Å². The molecule has 0 aliphatic carbocycles. The van der Waals surface area contributed by atoms with Crippen LogP contribution in [-0.4, -0.2) is 48.3 Å². The number of benzene rings is 1. The molecular formula is C28H36N8O. The molecule has 3 aromatic heterocycles. The van der Waals surface area contributed by atoms with Gasteiger partial charge in [-0.3, -0.25) is 9.69 Å². The SMILES string of the molecule is CCN(Cc1cccc(-n2c3nc(Nc4ccc5c(c4)CCNC5)ncc3c(=O)n2C(C)C)n1)C(C)C. The lowest BCUT2D eigenvalue weighted by Crippen LogP contribution is -2.30. The first-order valence-electron chi connectivity index (χ1n) is 13.2. The number of aromatic nitrogens is 5. The van der Waals surface area contributed by atoms with Gasteiger partial charge in [0.15, 0.2) is 11.5 Å². The second kappa shape index (κ2) is 10.4. The summed E-state index contributed by atoms with van der Waals surface area (Å²) in [6, 6.07) is 12.6. The van der Waals surface area contributed by atoms with Crippen molar-refractivity contribution in [3.05, 3.63) is 69.8 Å². The van der Waals surface area contributed by atoms with Gasteiger partial charge in [-0.05, 0) is 82.6 Å². The number of rotatable bonds is 8. The number of hydrogen-bond donors (Lipinski definition) is 2. The van der Waals surface area contributed by atoms with Crippen LogP contribution >= 0.6 is 0 Å². The molecule has 1 aromatic carbocycles. The molecule has 4 heterocycles. The highest BCUT2D eigenvalue weighted by Gasteiger charge is 2.21. The van der Waals surface area contributed by atoms with Gasteiger partial charge in [0.25, 0.3) is 5.56 Å². The third kappa shape index (κ3) is 5.01. The second-order valence-electron chi connectivity index (χ2n) is 10.2. The third-order valence-corrected chi connectivity index (χ3v) is 6.97. The Kier molecular flexibility index (Phi) is 7.08. The molecule has 0 saturated carbocycles. The number of hydrogen-bond acceptors (Lipinski definition) is 7. The lowest BCUT2D eigenvalue weighted by molar-refractivity contribution is 0.222. The van der Waals surface area contributed by atoms with Crippen LogP contribution in [0.2, 0.25) is 0 Å². The average Bonchev–Trinajstić information content (AvgIpc) is 3.19. The second-order valence-corrected chi connectivity index (χ2v) is 10.2. The minimum atomic E-state index is -0.123. The summed E-state index contributed by atoms with van der Waals surface area (Å²) in [7, 11) is 0. The number of fused-ring (bicyclic) bond motifs is 2. The fourth-order valence-electron chi connectivity index (χ4n) is 4.97. The molecule has 2 N–H and O–H groups in total. The molecule has 0 radical (unpaired) electrons. The van der Waals surface area contributed by atoms with E-state index in [9.17, 15) is 4.79 Å². The van der Waals surface area contributed by atoms with Crippen LogP contribution in [0.25, 0.3) is 16.9 Å². The van der Waals surface area contributed by atoms with Gasteiger partial charge in [0.2, 0.25) is 5.95 Å². The first-order chi connectivity index (χ1) is 17.9. The van der Waals surface area contributed by atoms with Gasteiger partial charge in [0, 0.05) is 37.1 Å². The van der Waals surface area contributed by atoms with E-state index in [1.54, 1.807) is 10.9 Å². The lowest BCUT2D eigenvalue weighted by Gasteiger charge is -2.24. The van der Waals surface area contributed by atoms with Gasteiger partial charge in [-0.25, -0.2) is 19.3 Å². The van der Waals surface area contributed by atoms with Crippen LogP contribution in [0.15, 0.2) is 47.4 Å². The fraction of sp³-hybridized carbons (Fsp3) is 0.429. The molecule has 0 amide bonds. The van der Waals surface area contributed by atoms with Gasteiger partial charge >= 0.3 is 0 Å². The topological polar surface area (TPSA) is 92.9 Å². The van der Waals surface area contributed by atoms with E-state index in [2.05, 4.69) is 53.4 Å². The summed E-state index contributed by atoms with van der Waals surface area (Å²) < 4.78 is 3.55. The maximum Gasteiger partial charge on any atom is 0.278 e. The zero-order valence-electron chi connectivity index (χ0n) is 22.3. The Morgan fingerprint density at radius 3 is 2.70 bits per heavy atom. The van der Waals surface area contributed by atoms with Crippen molar-refractivity contribution in [2.45, 2.75) is 66.2 Å². The number of anilines is 2. The van der Waals surface area contributed by atoms with E-state index in [1.807, 2.05) is 42.8 Å². The monoisotopic (exact) mass is 500 g/mol. The maximum absolute atomic E-state index is 13.4. The fourth-order valence-corrected chi connectivity index (χ4v) is 4.97. The number of pyridine rings is 1. The summed E-state index contributed by atoms with van der Waals surface area (Å²) in [5.41, 5.74) is 4.96. The Bertz CT molecular complexity index is 1470. The van der Waals surface area contributed by atoms with Crippen LogP contribution in [-0.2, 0) is 19.5 Å². The number of nitrogens with zero attached hydrogens (tertiary/aromatic N) is 6. The largest absolute Gasteiger partial charge is 0.324 e. The van der Waals surface area contributed by atoms with E-state index in [-0.39, 0.29) is 11.6 Å². The molecule has 0 fully saturated rings. The summed E-state index contributed by atoms with van der Waals surface area (Å²) in [5.74, 6) is 1.12. The minimum absolute atomic E-state index is 0.0828. The summed E-state index contributed by atoms with van der Waals surface area (Å²) in [5, 5.41) is 7.22. The molecule has 37 heavy (non-hydrogen) atoms.